The standard InChI is InChI=1S/C6H7N3O2/c10-6(9-11)3-5-1-2-7-4-8-5/h1-2,4,11H,3H2,(H,9,10). The van der Waals surface area contributed by atoms with E-state index in [4.69, 9.17) is 5.21 Å². The van der Waals surface area contributed by atoms with E-state index in [-0.39, 0.29) is 6.42 Å². The number of hydroxylamine groups is 1. The van der Waals surface area contributed by atoms with Crippen molar-refractivity contribution >= 4 is 5.91 Å². The minimum absolute atomic E-state index is 0.0685. The number of nitrogens with one attached hydrogen (secondary N) is 1. The zero-order valence-electron chi connectivity index (χ0n) is 5.69. The SMILES string of the molecule is O=C(Cc1ccncn1)NO. The van der Waals surface area contributed by atoms with Crippen LogP contribution in [0.4, 0.5) is 0 Å². The lowest BCUT2D eigenvalue weighted by Crippen LogP contribution is -2.21. The van der Waals surface area contributed by atoms with Gasteiger partial charge in [-0.15, -0.1) is 0 Å². The van der Waals surface area contributed by atoms with Gasteiger partial charge in [0.1, 0.15) is 6.33 Å². The Morgan fingerprint density at radius 1 is 1.73 bits per heavy atom. The summed E-state index contributed by atoms with van der Waals surface area (Å²) in [6.45, 7) is 0. The van der Waals surface area contributed by atoms with Crippen molar-refractivity contribution in [3.8, 4) is 0 Å². The fourth-order valence-electron chi connectivity index (χ4n) is 0.627. The lowest BCUT2D eigenvalue weighted by atomic mass is 10.3. The molecule has 0 radical (unpaired) electrons. The van der Waals surface area contributed by atoms with Gasteiger partial charge in [0.05, 0.1) is 12.1 Å². The molecule has 11 heavy (non-hydrogen) atoms. The van der Waals surface area contributed by atoms with Crippen LogP contribution < -0.4 is 5.48 Å². The van der Waals surface area contributed by atoms with Crippen molar-refractivity contribution in [2.45, 2.75) is 6.42 Å². The van der Waals surface area contributed by atoms with Gasteiger partial charge in [0.2, 0.25) is 5.91 Å². The molecule has 1 amide bonds. The molecule has 0 unspecified atom stereocenters. The Balaban J connectivity index is 2.58. The molecule has 0 fully saturated rings. The molecule has 1 aromatic heterocycles. The van der Waals surface area contributed by atoms with Crippen LogP contribution in [0.5, 0.6) is 0 Å². The van der Waals surface area contributed by atoms with E-state index in [0.29, 0.717) is 5.69 Å². The van der Waals surface area contributed by atoms with Gasteiger partial charge in [0.25, 0.3) is 0 Å². The maximum atomic E-state index is 10.6. The van der Waals surface area contributed by atoms with Gasteiger partial charge in [-0.3, -0.25) is 10.0 Å². The molecule has 0 aliphatic carbocycles. The topological polar surface area (TPSA) is 75.1 Å². The van der Waals surface area contributed by atoms with E-state index in [1.54, 1.807) is 6.07 Å². The van der Waals surface area contributed by atoms with E-state index in [2.05, 4.69) is 9.97 Å². The summed E-state index contributed by atoms with van der Waals surface area (Å²) >= 11 is 0. The number of carbonyl (C=O) groups is 1. The Kier molecular flexibility index (Phi) is 2.51. The summed E-state index contributed by atoms with van der Waals surface area (Å²) in [5, 5.41) is 8.15. The van der Waals surface area contributed by atoms with E-state index in [0.717, 1.165) is 0 Å². The smallest absolute Gasteiger partial charge is 0.249 e. The minimum Gasteiger partial charge on any atom is -0.289 e. The summed E-state index contributed by atoms with van der Waals surface area (Å²) in [7, 11) is 0. The molecule has 0 aromatic carbocycles. The summed E-state index contributed by atoms with van der Waals surface area (Å²) in [6.07, 6.45) is 2.95. The van der Waals surface area contributed by atoms with Crippen LogP contribution in [0.25, 0.3) is 0 Å². The molecule has 2 N–H and O–H groups in total. The third kappa shape index (κ3) is 2.30. The van der Waals surface area contributed by atoms with E-state index >= 15 is 0 Å². The second-order valence-electron chi connectivity index (χ2n) is 1.91. The Morgan fingerprint density at radius 3 is 3.09 bits per heavy atom. The van der Waals surface area contributed by atoms with Crippen molar-refractivity contribution < 1.29 is 10.0 Å². The first-order valence-electron chi connectivity index (χ1n) is 3.01. The number of aromatic nitrogens is 2. The Morgan fingerprint density at radius 2 is 2.55 bits per heavy atom. The molecular formula is C6H7N3O2. The first-order valence-corrected chi connectivity index (χ1v) is 3.01. The normalized spacial score (nSPS) is 9.18. The third-order valence-electron chi connectivity index (χ3n) is 1.11. The molecule has 0 aliphatic heterocycles. The minimum atomic E-state index is -0.483. The zero-order chi connectivity index (χ0) is 8.10. The van der Waals surface area contributed by atoms with Crippen LogP contribution in [-0.4, -0.2) is 21.1 Å². The van der Waals surface area contributed by atoms with Crippen molar-refractivity contribution in [3.63, 3.8) is 0 Å². The van der Waals surface area contributed by atoms with Gasteiger partial charge >= 0.3 is 0 Å². The Hall–Kier alpha value is -1.49. The molecule has 0 atom stereocenters. The highest BCUT2D eigenvalue weighted by Crippen LogP contribution is 1.91. The van der Waals surface area contributed by atoms with Crippen LogP contribution in [0.1, 0.15) is 5.69 Å². The second kappa shape index (κ2) is 3.62. The molecule has 5 nitrogen and oxygen atoms in total. The fraction of sp³-hybridized carbons (Fsp3) is 0.167. The van der Waals surface area contributed by atoms with Crippen LogP contribution in [0.3, 0.4) is 0 Å². The third-order valence-corrected chi connectivity index (χ3v) is 1.11. The summed E-state index contributed by atoms with van der Waals surface area (Å²) in [5.41, 5.74) is 2.09. The van der Waals surface area contributed by atoms with Gasteiger partial charge in [-0.05, 0) is 6.07 Å². The van der Waals surface area contributed by atoms with Crippen molar-refractivity contribution in [1.29, 1.82) is 0 Å². The van der Waals surface area contributed by atoms with Crippen LogP contribution in [0.15, 0.2) is 18.6 Å². The van der Waals surface area contributed by atoms with Gasteiger partial charge < -0.3 is 0 Å². The van der Waals surface area contributed by atoms with Gasteiger partial charge in [0.15, 0.2) is 0 Å². The largest absolute Gasteiger partial charge is 0.289 e. The monoisotopic (exact) mass is 153 g/mol. The van der Waals surface area contributed by atoms with Gasteiger partial charge in [-0.2, -0.15) is 0 Å². The molecule has 0 aliphatic rings. The lowest BCUT2D eigenvalue weighted by Gasteiger charge is -1.95. The molecule has 0 saturated heterocycles. The highest BCUT2D eigenvalue weighted by Gasteiger charge is 2.00. The zero-order valence-corrected chi connectivity index (χ0v) is 5.69. The number of hydrogen-bond acceptors (Lipinski definition) is 4. The Labute approximate surface area is 63.1 Å². The van der Waals surface area contributed by atoms with Crippen LogP contribution >= 0.6 is 0 Å². The number of hydrogen-bond donors (Lipinski definition) is 2. The number of amides is 1. The predicted molar refractivity (Wildman–Crippen MR) is 35.7 cm³/mol. The maximum absolute atomic E-state index is 10.6. The quantitative estimate of drug-likeness (QED) is 0.444. The van der Waals surface area contributed by atoms with Crippen LogP contribution in [0, 0.1) is 0 Å². The average molecular weight is 153 g/mol. The van der Waals surface area contributed by atoms with Gasteiger partial charge in [-0.25, -0.2) is 15.4 Å². The molecule has 0 spiro atoms. The predicted octanol–water partition coefficient (Wildman–Crippen LogP) is -0.475. The number of nitrogens with zero attached hydrogens (tertiary/aromatic N) is 2. The first kappa shape index (κ1) is 7.62. The average Bonchev–Trinajstić information content (AvgIpc) is 2.06. The van der Waals surface area contributed by atoms with Crippen molar-refractivity contribution in [3.05, 3.63) is 24.3 Å². The van der Waals surface area contributed by atoms with E-state index < -0.39 is 5.91 Å². The van der Waals surface area contributed by atoms with Crippen molar-refractivity contribution in [2.24, 2.45) is 0 Å². The summed E-state index contributed by atoms with van der Waals surface area (Å²) in [5.74, 6) is -0.483. The molecular weight excluding hydrogens is 146 g/mol. The molecule has 1 rings (SSSR count). The lowest BCUT2D eigenvalue weighted by molar-refractivity contribution is -0.128. The molecule has 1 heterocycles. The van der Waals surface area contributed by atoms with E-state index in [1.807, 2.05) is 0 Å². The number of rotatable bonds is 2. The van der Waals surface area contributed by atoms with Crippen molar-refractivity contribution in [2.75, 3.05) is 0 Å². The van der Waals surface area contributed by atoms with Crippen LogP contribution in [0.2, 0.25) is 0 Å². The van der Waals surface area contributed by atoms with Crippen molar-refractivity contribution in [1.82, 2.24) is 15.4 Å². The summed E-state index contributed by atoms with van der Waals surface area (Å²) < 4.78 is 0. The van der Waals surface area contributed by atoms with Gasteiger partial charge in [-0.1, -0.05) is 0 Å². The summed E-state index contributed by atoms with van der Waals surface area (Å²) in [4.78, 5) is 18.0. The van der Waals surface area contributed by atoms with E-state index in [1.165, 1.54) is 18.0 Å². The second-order valence-corrected chi connectivity index (χ2v) is 1.91. The van der Waals surface area contributed by atoms with Crippen LogP contribution in [-0.2, 0) is 11.2 Å². The Bertz CT molecular complexity index is 237. The molecule has 0 saturated carbocycles. The highest BCUT2D eigenvalue weighted by molar-refractivity contribution is 5.76. The molecule has 58 valence electrons. The fourth-order valence-corrected chi connectivity index (χ4v) is 0.627. The van der Waals surface area contributed by atoms with E-state index in [9.17, 15) is 4.79 Å². The summed E-state index contributed by atoms with van der Waals surface area (Å²) in [6, 6.07) is 1.61. The maximum Gasteiger partial charge on any atom is 0.249 e. The molecule has 1 aromatic rings. The molecule has 5 heteroatoms. The number of carbonyl (C=O) groups excluding carboxylic acids is 1. The first-order chi connectivity index (χ1) is 5.33. The molecule has 0 bridgehead atoms. The highest BCUT2D eigenvalue weighted by atomic mass is 16.5. The van der Waals surface area contributed by atoms with Gasteiger partial charge in [0, 0.05) is 6.20 Å².